The molecule has 5 nitrogen and oxygen atoms in total. The lowest BCUT2D eigenvalue weighted by atomic mass is 10.2. The quantitative estimate of drug-likeness (QED) is 0.938. The molecule has 0 saturated carbocycles. The van der Waals surface area contributed by atoms with E-state index in [-0.39, 0.29) is 5.56 Å². The van der Waals surface area contributed by atoms with Gasteiger partial charge in [0.25, 0.3) is 0 Å². The molecule has 2 rings (SSSR count). The fourth-order valence-electron chi connectivity index (χ4n) is 1.33. The molecule has 0 radical (unpaired) electrons. The second-order valence-corrected chi connectivity index (χ2v) is 5.63. The topological polar surface area (TPSA) is 68.0 Å². The van der Waals surface area contributed by atoms with Crippen molar-refractivity contribution in [1.29, 1.82) is 0 Å². The Morgan fingerprint density at radius 1 is 1.39 bits per heavy atom. The summed E-state index contributed by atoms with van der Waals surface area (Å²) in [5.41, 5.74) is 0.241. The van der Waals surface area contributed by atoms with Gasteiger partial charge in [-0.2, -0.15) is 0 Å². The molecule has 1 aromatic carbocycles. The summed E-state index contributed by atoms with van der Waals surface area (Å²) < 4.78 is 2.58. The van der Waals surface area contributed by atoms with Crippen molar-refractivity contribution in [2.75, 3.05) is 0 Å². The van der Waals surface area contributed by atoms with Gasteiger partial charge >= 0.3 is 5.97 Å². The van der Waals surface area contributed by atoms with Crippen molar-refractivity contribution in [3.05, 3.63) is 34.1 Å². The van der Waals surface area contributed by atoms with Crippen LogP contribution in [0.4, 0.5) is 0 Å². The predicted molar refractivity (Wildman–Crippen MR) is 71.0 cm³/mol. The first-order chi connectivity index (χ1) is 8.47. The fourth-order valence-corrected chi connectivity index (χ4v) is 2.91. The average molecular weight is 328 g/mol. The fraction of sp³-hybridized carbons (Fsp3) is 0.182. The van der Waals surface area contributed by atoms with Gasteiger partial charge in [0.05, 0.1) is 5.56 Å². The van der Waals surface area contributed by atoms with Gasteiger partial charge in [0.1, 0.15) is 5.82 Å². The van der Waals surface area contributed by atoms with Crippen molar-refractivity contribution in [3.63, 3.8) is 0 Å². The number of nitrogens with zero attached hydrogens (tertiary/aromatic N) is 3. The largest absolute Gasteiger partial charge is 0.478 e. The molecule has 18 heavy (non-hydrogen) atoms. The van der Waals surface area contributed by atoms with Gasteiger partial charge in [-0.1, -0.05) is 15.9 Å². The van der Waals surface area contributed by atoms with Gasteiger partial charge in [0.2, 0.25) is 0 Å². The highest BCUT2D eigenvalue weighted by atomic mass is 79.9. The van der Waals surface area contributed by atoms with Crippen LogP contribution in [0.2, 0.25) is 0 Å². The first-order valence-corrected chi connectivity index (χ1v) is 6.66. The van der Waals surface area contributed by atoms with E-state index < -0.39 is 5.97 Å². The summed E-state index contributed by atoms with van der Waals surface area (Å²) in [6.07, 6.45) is 0. The van der Waals surface area contributed by atoms with E-state index in [4.69, 9.17) is 5.11 Å². The smallest absolute Gasteiger partial charge is 0.335 e. The standard InChI is InChI=1S/C11H10BrN3O2S/c1-6-13-14-11(15(6)2)18-9-4-7(10(16)17)3-8(12)5-9/h3-5H,1-2H3,(H,16,17). The number of halogens is 1. The number of carboxylic acid groups (broad SMARTS) is 1. The van der Waals surface area contributed by atoms with Crippen LogP contribution in [0.15, 0.2) is 32.7 Å². The van der Waals surface area contributed by atoms with Crippen molar-refractivity contribution in [2.45, 2.75) is 17.0 Å². The van der Waals surface area contributed by atoms with Crippen LogP contribution >= 0.6 is 27.7 Å². The van der Waals surface area contributed by atoms with E-state index in [9.17, 15) is 4.79 Å². The molecule has 0 aliphatic heterocycles. The lowest BCUT2D eigenvalue weighted by Gasteiger charge is -2.04. The third kappa shape index (κ3) is 2.73. The zero-order valence-electron chi connectivity index (χ0n) is 9.72. The number of carbonyl (C=O) groups is 1. The zero-order chi connectivity index (χ0) is 13.3. The van der Waals surface area contributed by atoms with Gasteiger partial charge in [-0.25, -0.2) is 4.79 Å². The van der Waals surface area contributed by atoms with Crippen molar-refractivity contribution in [1.82, 2.24) is 14.8 Å². The SMILES string of the molecule is Cc1nnc(Sc2cc(Br)cc(C(=O)O)c2)n1C. The van der Waals surface area contributed by atoms with E-state index in [2.05, 4.69) is 26.1 Å². The van der Waals surface area contributed by atoms with Crippen molar-refractivity contribution < 1.29 is 9.90 Å². The summed E-state index contributed by atoms with van der Waals surface area (Å²) in [6, 6.07) is 5.03. The molecule has 94 valence electrons. The molecule has 2 aromatic rings. The highest BCUT2D eigenvalue weighted by Crippen LogP contribution is 2.29. The van der Waals surface area contributed by atoms with Crippen LogP contribution in [-0.2, 0) is 7.05 Å². The van der Waals surface area contributed by atoms with E-state index in [0.29, 0.717) is 0 Å². The molecule has 1 heterocycles. The normalized spacial score (nSPS) is 10.6. The van der Waals surface area contributed by atoms with Gasteiger partial charge in [0, 0.05) is 16.4 Å². The molecule has 0 amide bonds. The Morgan fingerprint density at radius 3 is 2.67 bits per heavy atom. The highest BCUT2D eigenvalue weighted by Gasteiger charge is 2.10. The van der Waals surface area contributed by atoms with E-state index in [1.165, 1.54) is 11.8 Å². The lowest BCUT2D eigenvalue weighted by molar-refractivity contribution is 0.0696. The van der Waals surface area contributed by atoms with Crippen molar-refractivity contribution in [2.24, 2.45) is 7.05 Å². The molecule has 0 atom stereocenters. The lowest BCUT2D eigenvalue weighted by Crippen LogP contribution is -1.97. The van der Waals surface area contributed by atoms with Gasteiger partial charge in [-0.3, -0.25) is 0 Å². The molecular formula is C11H10BrN3O2S. The van der Waals surface area contributed by atoms with Gasteiger partial charge in [0.15, 0.2) is 5.16 Å². The second-order valence-electron chi connectivity index (χ2n) is 3.67. The Labute approximate surface area is 116 Å². The summed E-state index contributed by atoms with van der Waals surface area (Å²) in [4.78, 5) is 11.8. The number of aryl methyl sites for hydroxylation is 1. The van der Waals surface area contributed by atoms with Crippen molar-refractivity contribution in [3.8, 4) is 0 Å². The molecule has 0 aliphatic rings. The Kier molecular flexibility index (Phi) is 3.72. The minimum Gasteiger partial charge on any atom is -0.478 e. The van der Waals surface area contributed by atoms with Gasteiger partial charge < -0.3 is 9.67 Å². The maximum atomic E-state index is 11.0. The molecule has 0 unspecified atom stereocenters. The van der Waals surface area contributed by atoms with Crippen LogP contribution in [0.1, 0.15) is 16.2 Å². The summed E-state index contributed by atoms with van der Waals surface area (Å²) in [5, 5.41) is 17.7. The number of hydrogen-bond acceptors (Lipinski definition) is 4. The van der Waals surface area contributed by atoms with Crippen LogP contribution in [0.5, 0.6) is 0 Å². The van der Waals surface area contributed by atoms with Gasteiger partial charge in [-0.15, -0.1) is 10.2 Å². The van der Waals surface area contributed by atoms with Crippen LogP contribution in [0.3, 0.4) is 0 Å². The average Bonchev–Trinajstić information content (AvgIpc) is 2.60. The van der Waals surface area contributed by atoms with Crippen molar-refractivity contribution >= 4 is 33.7 Å². The highest BCUT2D eigenvalue weighted by molar-refractivity contribution is 9.10. The molecule has 0 fully saturated rings. The molecule has 1 aromatic heterocycles. The minimum absolute atomic E-state index is 0.241. The van der Waals surface area contributed by atoms with E-state index >= 15 is 0 Å². The number of hydrogen-bond donors (Lipinski definition) is 1. The Hall–Kier alpha value is -1.34. The van der Waals surface area contributed by atoms with Crippen LogP contribution in [0, 0.1) is 6.92 Å². The van der Waals surface area contributed by atoms with Gasteiger partial charge in [-0.05, 0) is 36.9 Å². The number of aromatic carboxylic acids is 1. The number of carboxylic acids is 1. The predicted octanol–water partition coefficient (Wildman–Crippen LogP) is 2.74. The van der Waals surface area contributed by atoms with Crippen LogP contribution in [0.25, 0.3) is 0 Å². The van der Waals surface area contributed by atoms with Crippen LogP contribution < -0.4 is 0 Å². The van der Waals surface area contributed by atoms with Crippen LogP contribution in [-0.4, -0.2) is 25.8 Å². The first kappa shape index (κ1) is 13.1. The van der Waals surface area contributed by atoms with E-state index in [1.807, 2.05) is 24.6 Å². The van der Waals surface area contributed by atoms with E-state index in [0.717, 1.165) is 20.3 Å². The molecule has 0 spiro atoms. The number of aromatic nitrogens is 3. The summed E-state index contributed by atoms with van der Waals surface area (Å²) in [6.45, 7) is 1.86. The summed E-state index contributed by atoms with van der Waals surface area (Å²) >= 11 is 4.68. The molecule has 7 heteroatoms. The minimum atomic E-state index is -0.952. The monoisotopic (exact) mass is 327 g/mol. The third-order valence-corrected chi connectivity index (χ3v) is 3.85. The Bertz CT molecular complexity index is 612. The maximum Gasteiger partial charge on any atom is 0.335 e. The zero-order valence-corrected chi connectivity index (χ0v) is 12.1. The number of rotatable bonds is 3. The first-order valence-electron chi connectivity index (χ1n) is 5.05. The molecule has 0 aliphatic carbocycles. The third-order valence-electron chi connectivity index (χ3n) is 2.38. The molecule has 0 bridgehead atoms. The number of benzene rings is 1. The molecule has 0 saturated heterocycles. The Morgan fingerprint density at radius 2 is 2.11 bits per heavy atom. The maximum absolute atomic E-state index is 11.0. The van der Waals surface area contributed by atoms with E-state index in [1.54, 1.807) is 12.1 Å². The molecule has 1 N–H and O–H groups in total. The summed E-state index contributed by atoms with van der Waals surface area (Å²) in [5.74, 6) is -0.141. The molecular weight excluding hydrogens is 318 g/mol. The Balaban J connectivity index is 2.34. The summed E-state index contributed by atoms with van der Waals surface area (Å²) in [7, 11) is 1.87. The second kappa shape index (κ2) is 5.11.